The molecule has 12 heavy (non-hydrogen) atoms. The molecule has 0 spiro atoms. The van der Waals surface area contributed by atoms with Gasteiger partial charge in [-0.25, -0.2) is 0 Å². The fourth-order valence-electron chi connectivity index (χ4n) is 1.36. The van der Waals surface area contributed by atoms with Crippen LogP contribution in [-0.2, 0) is 0 Å². The first-order chi connectivity index (χ1) is 5.53. The van der Waals surface area contributed by atoms with Gasteiger partial charge in [-0.1, -0.05) is 24.0 Å². The fourth-order valence-corrected chi connectivity index (χ4v) is 3.33. The van der Waals surface area contributed by atoms with E-state index in [1.807, 2.05) is 11.8 Å². The number of nitrogens with one attached hydrogen (secondary N) is 1. The smallest absolute Gasteiger partial charge is 0.138 e. The molecule has 5 heteroatoms. The summed E-state index contributed by atoms with van der Waals surface area (Å²) in [6.45, 7) is 6.98. The van der Waals surface area contributed by atoms with Crippen LogP contribution in [0.25, 0.3) is 0 Å². The lowest BCUT2D eigenvalue weighted by molar-refractivity contribution is 0.0589. The first-order valence-electron chi connectivity index (χ1n) is 3.92. The molecule has 1 aliphatic heterocycles. The van der Waals surface area contributed by atoms with Gasteiger partial charge in [-0.3, -0.25) is 0 Å². The van der Waals surface area contributed by atoms with Crippen molar-refractivity contribution in [1.29, 1.82) is 0 Å². The summed E-state index contributed by atoms with van der Waals surface area (Å²) in [5.74, 6) is 0. The fraction of sp³-hybridized carbons (Fsp3) is 0.857. The number of hydroxylamine groups is 1. The minimum absolute atomic E-state index is 0.0537. The molecule has 1 fully saturated rings. The lowest BCUT2D eigenvalue weighted by Gasteiger charge is -2.29. The molecule has 0 aromatic rings. The third-order valence-corrected chi connectivity index (χ3v) is 3.66. The summed E-state index contributed by atoms with van der Waals surface area (Å²) in [6, 6.07) is 0. The summed E-state index contributed by atoms with van der Waals surface area (Å²) in [5, 5.41) is 8.96. The molecule has 0 amide bonds. The van der Waals surface area contributed by atoms with Crippen LogP contribution in [0.2, 0.25) is 0 Å². The lowest BCUT2D eigenvalue weighted by Crippen LogP contribution is -2.49. The normalized spacial score (nSPS) is 28.2. The lowest BCUT2D eigenvalue weighted by atomic mass is 10.1. The molecule has 1 atom stereocenters. The molecule has 0 radical (unpaired) electrons. The molecule has 0 saturated carbocycles. The zero-order valence-corrected chi connectivity index (χ0v) is 9.13. The molecule has 2 N–H and O–H groups in total. The Balaban J connectivity index is 2.83. The van der Waals surface area contributed by atoms with Crippen LogP contribution in [0.4, 0.5) is 0 Å². The van der Waals surface area contributed by atoms with Crippen LogP contribution in [0.3, 0.4) is 0 Å². The van der Waals surface area contributed by atoms with Gasteiger partial charge in [0.2, 0.25) is 0 Å². The average Bonchev–Trinajstić information content (AvgIpc) is 2.18. The van der Waals surface area contributed by atoms with E-state index >= 15 is 0 Å². The molecule has 0 bridgehead atoms. The predicted octanol–water partition coefficient (Wildman–Crippen LogP) is 1.42. The van der Waals surface area contributed by atoms with Crippen molar-refractivity contribution in [3.63, 3.8) is 0 Å². The number of nitrogens with zero attached hydrogens (tertiary/aromatic N) is 1. The average molecular weight is 206 g/mol. The van der Waals surface area contributed by atoms with Gasteiger partial charge in [0.1, 0.15) is 10.5 Å². The molecular formula is C7H14N2OS2. The molecule has 70 valence electrons. The molecule has 1 aliphatic rings. The van der Waals surface area contributed by atoms with Crippen molar-refractivity contribution in [2.45, 2.75) is 31.7 Å². The number of thioether (sulfide) groups is 1. The second-order valence-electron chi connectivity index (χ2n) is 3.29. The largest absolute Gasteiger partial charge is 0.339 e. The Bertz CT molecular complexity index is 196. The monoisotopic (exact) mass is 206 g/mol. The third kappa shape index (κ3) is 1.59. The summed E-state index contributed by atoms with van der Waals surface area (Å²) in [4.78, 5) is 1.99. The summed E-state index contributed by atoms with van der Waals surface area (Å²) >= 11 is 6.79. The highest BCUT2D eigenvalue weighted by atomic mass is 32.2. The van der Waals surface area contributed by atoms with Gasteiger partial charge in [-0.2, -0.15) is 5.48 Å². The van der Waals surface area contributed by atoms with E-state index in [2.05, 4.69) is 19.3 Å². The van der Waals surface area contributed by atoms with Gasteiger partial charge in [0.25, 0.3) is 0 Å². The highest BCUT2D eigenvalue weighted by Crippen LogP contribution is 2.39. The first-order valence-corrected chi connectivity index (χ1v) is 5.14. The van der Waals surface area contributed by atoms with E-state index in [-0.39, 0.29) is 10.9 Å². The highest BCUT2D eigenvalue weighted by molar-refractivity contribution is 8.24. The van der Waals surface area contributed by atoms with Crippen molar-refractivity contribution in [2.24, 2.45) is 0 Å². The Morgan fingerprint density at radius 1 is 1.75 bits per heavy atom. The number of hydrogen-bond donors (Lipinski definition) is 2. The second-order valence-corrected chi connectivity index (χ2v) is 5.58. The van der Waals surface area contributed by atoms with E-state index in [1.54, 1.807) is 11.8 Å². The quantitative estimate of drug-likeness (QED) is 0.528. The van der Waals surface area contributed by atoms with E-state index in [4.69, 9.17) is 17.4 Å². The standard InChI is InChI=1S/C7H14N2OS2/c1-4-9-5(8-10)7(2,3)12-6(9)11/h5,8,10H,4H2,1-3H3. The summed E-state index contributed by atoms with van der Waals surface area (Å²) in [5.41, 5.74) is 2.30. The van der Waals surface area contributed by atoms with Crippen molar-refractivity contribution in [1.82, 2.24) is 10.4 Å². The molecule has 1 rings (SSSR count). The zero-order valence-electron chi connectivity index (χ0n) is 7.50. The summed E-state index contributed by atoms with van der Waals surface area (Å²) < 4.78 is 0.802. The Kier molecular flexibility index (Phi) is 2.98. The Morgan fingerprint density at radius 2 is 2.33 bits per heavy atom. The van der Waals surface area contributed by atoms with E-state index in [0.717, 1.165) is 10.9 Å². The van der Waals surface area contributed by atoms with Gasteiger partial charge >= 0.3 is 0 Å². The molecule has 0 aromatic carbocycles. The third-order valence-electron chi connectivity index (χ3n) is 2.02. The van der Waals surface area contributed by atoms with Gasteiger partial charge in [0.05, 0.1) is 4.75 Å². The molecule has 1 unspecified atom stereocenters. The maximum Gasteiger partial charge on any atom is 0.138 e. The van der Waals surface area contributed by atoms with Crippen LogP contribution in [0.15, 0.2) is 0 Å². The molecule has 3 nitrogen and oxygen atoms in total. The highest BCUT2D eigenvalue weighted by Gasteiger charge is 2.43. The maximum atomic E-state index is 8.96. The van der Waals surface area contributed by atoms with Crippen LogP contribution in [0.1, 0.15) is 20.8 Å². The van der Waals surface area contributed by atoms with Crippen LogP contribution in [0.5, 0.6) is 0 Å². The SMILES string of the molecule is CCN1C(=S)SC(C)(C)C1NO. The van der Waals surface area contributed by atoms with Gasteiger partial charge in [-0.05, 0) is 20.8 Å². The number of thiocarbonyl (C=S) groups is 1. The minimum Gasteiger partial charge on any atom is -0.339 e. The van der Waals surface area contributed by atoms with Crippen molar-refractivity contribution in [3.8, 4) is 0 Å². The predicted molar refractivity (Wildman–Crippen MR) is 55.4 cm³/mol. The second kappa shape index (κ2) is 3.49. The Labute approximate surface area is 82.5 Å². The molecular weight excluding hydrogens is 192 g/mol. The molecule has 0 aliphatic carbocycles. The van der Waals surface area contributed by atoms with Crippen molar-refractivity contribution < 1.29 is 5.21 Å². The minimum atomic E-state index is -0.0694. The van der Waals surface area contributed by atoms with Crippen molar-refractivity contribution in [2.75, 3.05) is 6.54 Å². The summed E-state index contributed by atoms with van der Waals surface area (Å²) in [6.07, 6.45) is -0.0694. The molecule has 1 saturated heterocycles. The van der Waals surface area contributed by atoms with Crippen LogP contribution < -0.4 is 5.48 Å². The molecule has 1 heterocycles. The van der Waals surface area contributed by atoms with E-state index in [9.17, 15) is 0 Å². The molecule has 0 aromatic heterocycles. The maximum absolute atomic E-state index is 8.96. The van der Waals surface area contributed by atoms with Crippen LogP contribution in [0, 0.1) is 0 Å². The van der Waals surface area contributed by atoms with Gasteiger partial charge in [0.15, 0.2) is 0 Å². The van der Waals surface area contributed by atoms with E-state index < -0.39 is 0 Å². The summed E-state index contributed by atoms with van der Waals surface area (Å²) in [7, 11) is 0. The van der Waals surface area contributed by atoms with Gasteiger partial charge < -0.3 is 10.1 Å². The van der Waals surface area contributed by atoms with Crippen molar-refractivity contribution in [3.05, 3.63) is 0 Å². The van der Waals surface area contributed by atoms with Gasteiger partial charge in [-0.15, -0.1) is 0 Å². The van der Waals surface area contributed by atoms with Crippen LogP contribution in [-0.4, -0.2) is 31.9 Å². The first kappa shape index (κ1) is 10.2. The number of hydrogen-bond acceptors (Lipinski definition) is 4. The van der Waals surface area contributed by atoms with E-state index in [1.165, 1.54) is 0 Å². The zero-order chi connectivity index (χ0) is 9.35. The van der Waals surface area contributed by atoms with Crippen molar-refractivity contribution >= 4 is 28.3 Å². The van der Waals surface area contributed by atoms with E-state index in [0.29, 0.717) is 0 Å². The Hall–Kier alpha value is 0.160. The van der Waals surface area contributed by atoms with Crippen LogP contribution >= 0.6 is 24.0 Å². The number of rotatable bonds is 2. The van der Waals surface area contributed by atoms with Gasteiger partial charge in [0, 0.05) is 6.54 Å². The topological polar surface area (TPSA) is 35.5 Å². The Morgan fingerprint density at radius 3 is 2.67 bits per heavy atom.